The molecule has 0 atom stereocenters. The highest BCUT2D eigenvalue weighted by Gasteiger charge is 2.35. The Morgan fingerprint density at radius 3 is 2.29 bits per heavy atom. The number of aromatic nitrogens is 1. The molecular formula is C10H10F6N4O. The number of nitrogens with two attached hydrogens (primary N) is 1. The standard InChI is InChI=1S/C10H10F6N4O/c1-20(4-9(11,12)13)8-5(7(17)19-21)2-3-6(18-8)10(14,15)16/h2-3,21H,4H2,1H3,(H2,17,19). The van der Waals surface area contributed by atoms with Crippen molar-refractivity contribution in [2.75, 3.05) is 18.5 Å². The summed E-state index contributed by atoms with van der Waals surface area (Å²) in [5.41, 5.74) is 3.49. The number of anilines is 1. The van der Waals surface area contributed by atoms with E-state index in [-0.39, 0.29) is 5.56 Å². The molecule has 0 aromatic carbocycles. The maximum atomic E-state index is 12.6. The number of halogens is 6. The van der Waals surface area contributed by atoms with Crippen LogP contribution in [0.2, 0.25) is 0 Å². The summed E-state index contributed by atoms with van der Waals surface area (Å²) >= 11 is 0. The van der Waals surface area contributed by atoms with Gasteiger partial charge < -0.3 is 15.8 Å². The van der Waals surface area contributed by atoms with E-state index >= 15 is 0 Å². The summed E-state index contributed by atoms with van der Waals surface area (Å²) in [5.74, 6) is -1.35. The first-order valence-electron chi connectivity index (χ1n) is 5.29. The number of nitrogens with zero attached hydrogens (tertiary/aromatic N) is 3. The van der Waals surface area contributed by atoms with Crippen molar-refractivity contribution in [1.82, 2.24) is 4.98 Å². The van der Waals surface area contributed by atoms with Crippen molar-refractivity contribution in [3.63, 3.8) is 0 Å². The van der Waals surface area contributed by atoms with Gasteiger partial charge in [-0.3, -0.25) is 0 Å². The number of oxime groups is 1. The van der Waals surface area contributed by atoms with Gasteiger partial charge in [-0.25, -0.2) is 4.98 Å². The van der Waals surface area contributed by atoms with Gasteiger partial charge >= 0.3 is 12.4 Å². The molecule has 118 valence electrons. The van der Waals surface area contributed by atoms with Gasteiger partial charge in [0.15, 0.2) is 5.84 Å². The summed E-state index contributed by atoms with van der Waals surface area (Å²) in [5, 5.41) is 11.1. The van der Waals surface area contributed by atoms with Crippen molar-refractivity contribution in [2.45, 2.75) is 12.4 Å². The Morgan fingerprint density at radius 2 is 1.86 bits per heavy atom. The van der Waals surface area contributed by atoms with E-state index < -0.39 is 36.2 Å². The number of rotatable bonds is 3. The van der Waals surface area contributed by atoms with Gasteiger partial charge in [0.25, 0.3) is 0 Å². The van der Waals surface area contributed by atoms with Crippen molar-refractivity contribution < 1.29 is 31.5 Å². The molecule has 0 spiro atoms. The number of amidine groups is 1. The number of hydrogen-bond acceptors (Lipinski definition) is 4. The topological polar surface area (TPSA) is 74.7 Å². The summed E-state index contributed by atoms with van der Waals surface area (Å²) in [7, 11) is 0.893. The van der Waals surface area contributed by atoms with E-state index in [9.17, 15) is 26.3 Å². The minimum Gasteiger partial charge on any atom is -0.409 e. The van der Waals surface area contributed by atoms with E-state index in [1.165, 1.54) is 0 Å². The van der Waals surface area contributed by atoms with Crippen molar-refractivity contribution >= 4 is 11.7 Å². The summed E-state index contributed by atoms with van der Waals surface area (Å²) in [4.78, 5) is 3.56. The summed E-state index contributed by atoms with van der Waals surface area (Å²) in [6.45, 7) is -1.55. The molecule has 21 heavy (non-hydrogen) atoms. The second-order valence-electron chi connectivity index (χ2n) is 4.02. The molecule has 3 N–H and O–H groups in total. The fraction of sp³-hybridized carbons (Fsp3) is 0.400. The average molecular weight is 316 g/mol. The van der Waals surface area contributed by atoms with E-state index in [4.69, 9.17) is 10.9 Å². The van der Waals surface area contributed by atoms with E-state index in [0.717, 1.165) is 13.1 Å². The molecule has 0 fully saturated rings. The zero-order valence-corrected chi connectivity index (χ0v) is 10.5. The molecule has 0 aliphatic rings. The van der Waals surface area contributed by atoms with Crippen molar-refractivity contribution in [3.05, 3.63) is 23.4 Å². The Kier molecular flexibility index (Phi) is 4.54. The molecule has 0 radical (unpaired) electrons. The molecule has 1 rings (SSSR count). The minimum absolute atomic E-state index is 0.350. The Bertz CT molecular complexity index is 539. The molecule has 1 heterocycles. The predicted octanol–water partition coefficient (Wildman–Crippen LogP) is 2.19. The summed E-state index contributed by atoms with van der Waals surface area (Å²) in [6.07, 6.45) is -9.50. The second kappa shape index (κ2) is 5.66. The molecule has 0 saturated heterocycles. The number of hydrogen-bond donors (Lipinski definition) is 2. The molecule has 0 aliphatic heterocycles. The predicted molar refractivity (Wildman–Crippen MR) is 61.1 cm³/mol. The van der Waals surface area contributed by atoms with E-state index in [2.05, 4.69) is 10.1 Å². The van der Waals surface area contributed by atoms with Gasteiger partial charge in [-0.2, -0.15) is 26.3 Å². The lowest BCUT2D eigenvalue weighted by molar-refractivity contribution is -0.141. The van der Waals surface area contributed by atoms with Crippen LogP contribution in [-0.4, -0.2) is 35.8 Å². The highest BCUT2D eigenvalue weighted by Crippen LogP contribution is 2.31. The van der Waals surface area contributed by atoms with Gasteiger partial charge in [0, 0.05) is 7.05 Å². The van der Waals surface area contributed by atoms with Crippen LogP contribution in [0.3, 0.4) is 0 Å². The minimum atomic E-state index is -4.84. The summed E-state index contributed by atoms with van der Waals surface area (Å²) < 4.78 is 74.7. The van der Waals surface area contributed by atoms with Gasteiger partial charge in [-0.15, -0.1) is 0 Å². The van der Waals surface area contributed by atoms with Crippen molar-refractivity contribution in [3.8, 4) is 0 Å². The van der Waals surface area contributed by atoms with E-state index in [1.807, 2.05) is 0 Å². The molecule has 0 amide bonds. The summed E-state index contributed by atoms with van der Waals surface area (Å²) in [6, 6.07) is 1.31. The zero-order chi connectivity index (χ0) is 16.4. The number of pyridine rings is 1. The Hall–Kier alpha value is -2.20. The third-order valence-electron chi connectivity index (χ3n) is 2.33. The maximum Gasteiger partial charge on any atom is 0.433 e. The van der Waals surface area contributed by atoms with Gasteiger partial charge in [0.05, 0.1) is 5.56 Å². The van der Waals surface area contributed by atoms with E-state index in [1.54, 1.807) is 0 Å². The van der Waals surface area contributed by atoms with Gasteiger partial charge in [-0.1, -0.05) is 5.16 Å². The van der Waals surface area contributed by atoms with Crippen LogP contribution in [0.25, 0.3) is 0 Å². The van der Waals surface area contributed by atoms with Crippen LogP contribution in [0.15, 0.2) is 17.3 Å². The molecule has 11 heteroatoms. The monoisotopic (exact) mass is 316 g/mol. The third kappa shape index (κ3) is 4.39. The highest BCUT2D eigenvalue weighted by atomic mass is 19.4. The Labute approximate surface area is 114 Å². The van der Waals surface area contributed by atoms with Crippen LogP contribution in [0.5, 0.6) is 0 Å². The second-order valence-corrected chi connectivity index (χ2v) is 4.02. The van der Waals surface area contributed by atoms with Crippen LogP contribution in [0, 0.1) is 0 Å². The first kappa shape index (κ1) is 16.9. The maximum absolute atomic E-state index is 12.6. The lowest BCUT2D eigenvalue weighted by Gasteiger charge is -2.23. The lowest BCUT2D eigenvalue weighted by atomic mass is 10.2. The van der Waals surface area contributed by atoms with Crippen LogP contribution < -0.4 is 10.6 Å². The van der Waals surface area contributed by atoms with Crippen LogP contribution in [0.1, 0.15) is 11.3 Å². The molecule has 5 nitrogen and oxygen atoms in total. The van der Waals surface area contributed by atoms with Crippen molar-refractivity contribution in [1.29, 1.82) is 0 Å². The molecule has 1 aromatic heterocycles. The fourth-order valence-corrected chi connectivity index (χ4v) is 1.49. The molecular weight excluding hydrogens is 306 g/mol. The smallest absolute Gasteiger partial charge is 0.409 e. The fourth-order valence-electron chi connectivity index (χ4n) is 1.49. The normalized spacial score (nSPS) is 13.4. The van der Waals surface area contributed by atoms with Gasteiger partial charge in [0.2, 0.25) is 0 Å². The molecule has 1 aromatic rings. The van der Waals surface area contributed by atoms with Crippen molar-refractivity contribution in [2.24, 2.45) is 10.9 Å². The van der Waals surface area contributed by atoms with Crippen LogP contribution in [0.4, 0.5) is 32.2 Å². The average Bonchev–Trinajstić information content (AvgIpc) is 2.34. The Morgan fingerprint density at radius 1 is 1.29 bits per heavy atom. The lowest BCUT2D eigenvalue weighted by Crippen LogP contribution is -2.33. The quantitative estimate of drug-likeness (QED) is 0.295. The molecule has 0 bridgehead atoms. The largest absolute Gasteiger partial charge is 0.433 e. The molecule has 0 saturated carbocycles. The SMILES string of the molecule is CN(CC(F)(F)F)c1nc(C(F)(F)F)ccc1C(N)=NO. The first-order chi connectivity index (χ1) is 9.45. The van der Waals surface area contributed by atoms with Crippen LogP contribution >= 0.6 is 0 Å². The number of alkyl halides is 6. The third-order valence-corrected chi connectivity index (χ3v) is 2.33. The molecule has 0 unspecified atom stereocenters. The van der Waals surface area contributed by atoms with Gasteiger partial charge in [0.1, 0.15) is 18.1 Å². The highest BCUT2D eigenvalue weighted by molar-refractivity contribution is 6.01. The van der Waals surface area contributed by atoms with Crippen LogP contribution in [-0.2, 0) is 6.18 Å². The van der Waals surface area contributed by atoms with Gasteiger partial charge in [-0.05, 0) is 12.1 Å². The van der Waals surface area contributed by atoms with E-state index in [0.29, 0.717) is 11.0 Å². The zero-order valence-electron chi connectivity index (χ0n) is 10.5. The first-order valence-corrected chi connectivity index (χ1v) is 5.29. The molecule has 0 aliphatic carbocycles. The Balaban J connectivity index is 3.36.